The number of fused-ring (bicyclic) bond motifs is 1. The van der Waals surface area contributed by atoms with Gasteiger partial charge in [-0.25, -0.2) is 15.8 Å². The van der Waals surface area contributed by atoms with Crippen molar-refractivity contribution in [3.05, 3.63) is 10.9 Å². The maximum absolute atomic E-state index is 9.14. The third-order valence-electron chi connectivity index (χ3n) is 2.46. The Morgan fingerprint density at radius 2 is 2.33 bits per heavy atom. The topological polar surface area (TPSA) is 84.1 Å². The number of aliphatic hydroxyl groups excluding tert-OH is 1. The molecular weight excluding hydrogens is 268 g/mol. The Hall–Kier alpha value is -0.890. The fraction of sp³-hybridized carbons (Fsp3) is 0.455. The van der Waals surface area contributed by atoms with Crippen LogP contribution in [0.15, 0.2) is 11.1 Å². The van der Waals surface area contributed by atoms with Crippen LogP contribution in [0.25, 0.3) is 10.2 Å². The molecular formula is C11H16N4OS2. The van der Waals surface area contributed by atoms with Gasteiger partial charge in [-0.15, -0.1) is 23.1 Å². The van der Waals surface area contributed by atoms with Gasteiger partial charge in [-0.3, -0.25) is 5.43 Å². The van der Waals surface area contributed by atoms with Crippen LogP contribution in [-0.2, 0) is 6.42 Å². The number of hydrogen-bond donors (Lipinski definition) is 3. The second kappa shape index (κ2) is 5.83. The van der Waals surface area contributed by atoms with Crippen molar-refractivity contribution in [1.29, 1.82) is 0 Å². The van der Waals surface area contributed by atoms with E-state index in [0.717, 1.165) is 21.7 Å². The maximum atomic E-state index is 9.14. The third-order valence-corrected chi connectivity index (χ3v) is 4.72. The summed E-state index contributed by atoms with van der Waals surface area (Å²) in [6.45, 7) is 4.19. The van der Waals surface area contributed by atoms with Crippen molar-refractivity contribution >= 4 is 39.3 Å². The van der Waals surface area contributed by atoms with Gasteiger partial charge >= 0.3 is 0 Å². The van der Waals surface area contributed by atoms with Crippen molar-refractivity contribution in [2.45, 2.75) is 30.5 Å². The van der Waals surface area contributed by atoms with Crippen LogP contribution in [-0.4, -0.2) is 26.9 Å². The van der Waals surface area contributed by atoms with E-state index in [1.165, 1.54) is 16.6 Å². The van der Waals surface area contributed by atoms with Gasteiger partial charge in [0.15, 0.2) is 0 Å². The number of rotatable bonds is 5. The van der Waals surface area contributed by atoms with E-state index >= 15 is 0 Å². The molecule has 4 N–H and O–H groups in total. The largest absolute Gasteiger partial charge is 0.395 e. The number of aliphatic hydroxyl groups is 1. The quantitative estimate of drug-likeness (QED) is 0.337. The van der Waals surface area contributed by atoms with Crippen molar-refractivity contribution in [2.24, 2.45) is 5.84 Å². The van der Waals surface area contributed by atoms with Crippen LogP contribution < -0.4 is 11.3 Å². The summed E-state index contributed by atoms with van der Waals surface area (Å²) in [5.74, 6) is 5.80. The van der Waals surface area contributed by atoms with E-state index in [-0.39, 0.29) is 11.9 Å². The van der Waals surface area contributed by atoms with Gasteiger partial charge in [-0.05, 0) is 12.5 Å². The summed E-state index contributed by atoms with van der Waals surface area (Å²) in [7, 11) is 0. The van der Waals surface area contributed by atoms with Gasteiger partial charge in [0.2, 0.25) is 5.95 Å². The van der Waals surface area contributed by atoms with Gasteiger partial charge in [0, 0.05) is 15.5 Å². The molecule has 98 valence electrons. The number of anilines is 1. The zero-order valence-electron chi connectivity index (χ0n) is 10.3. The van der Waals surface area contributed by atoms with E-state index < -0.39 is 0 Å². The minimum atomic E-state index is 0.0960. The molecule has 0 saturated heterocycles. The number of hydrazine groups is 1. The molecule has 5 nitrogen and oxygen atoms in total. The summed E-state index contributed by atoms with van der Waals surface area (Å²) >= 11 is 3.19. The summed E-state index contributed by atoms with van der Waals surface area (Å²) < 4.78 is 0. The predicted octanol–water partition coefficient (Wildman–Crippen LogP) is 2.01. The normalized spacial score (nSPS) is 12.9. The Bertz CT molecular complexity index is 543. The van der Waals surface area contributed by atoms with Crippen molar-refractivity contribution < 1.29 is 5.11 Å². The number of thioether (sulfide) groups is 1. The maximum Gasteiger partial charge on any atom is 0.239 e. The first-order chi connectivity index (χ1) is 8.67. The summed E-state index contributed by atoms with van der Waals surface area (Å²) in [4.78, 5) is 10.9. The minimum Gasteiger partial charge on any atom is -0.395 e. The molecule has 0 radical (unpaired) electrons. The second-order valence-electron chi connectivity index (χ2n) is 3.89. The molecule has 0 bridgehead atoms. The Labute approximate surface area is 114 Å². The number of nitrogen functional groups attached to an aromatic ring is 1. The number of nitrogens with two attached hydrogens (primary N) is 1. The number of hydrogen-bond acceptors (Lipinski definition) is 7. The van der Waals surface area contributed by atoms with E-state index in [1.54, 1.807) is 11.3 Å². The van der Waals surface area contributed by atoms with E-state index in [2.05, 4.69) is 28.4 Å². The van der Waals surface area contributed by atoms with Gasteiger partial charge in [0.1, 0.15) is 9.86 Å². The van der Waals surface area contributed by atoms with E-state index in [0.29, 0.717) is 5.95 Å². The molecule has 2 rings (SSSR count). The lowest BCUT2D eigenvalue weighted by Crippen LogP contribution is -2.11. The van der Waals surface area contributed by atoms with Gasteiger partial charge in [-0.1, -0.05) is 13.8 Å². The van der Waals surface area contributed by atoms with Crippen LogP contribution >= 0.6 is 23.1 Å². The summed E-state index contributed by atoms with van der Waals surface area (Å²) in [6.07, 6.45) is 0.978. The molecule has 2 heterocycles. The molecule has 0 aliphatic rings. The van der Waals surface area contributed by atoms with Crippen molar-refractivity contribution in [3.63, 3.8) is 0 Å². The molecule has 0 aliphatic carbocycles. The van der Waals surface area contributed by atoms with Gasteiger partial charge in [0.05, 0.1) is 6.61 Å². The van der Waals surface area contributed by atoms with Crippen molar-refractivity contribution in [3.8, 4) is 0 Å². The highest BCUT2D eigenvalue weighted by Gasteiger charge is 2.13. The molecule has 0 aromatic carbocycles. The lowest BCUT2D eigenvalue weighted by Gasteiger charge is -2.08. The molecule has 2 aromatic heterocycles. The molecule has 0 amide bonds. The van der Waals surface area contributed by atoms with Crippen molar-refractivity contribution in [2.75, 3.05) is 12.0 Å². The fourth-order valence-electron chi connectivity index (χ4n) is 1.50. The predicted molar refractivity (Wildman–Crippen MR) is 77.0 cm³/mol. The monoisotopic (exact) mass is 284 g/mol. The molecule has 2 aromatic rings. The van der Waals surface area contributed by atoms with Gasteiger partial charge in [-0.2, -0.15) is 0 Å². The number of nitrogens with one attached hydrogen (secondary N) is 1. The number of aromatic nitrogens is 2. The number of nitrogens with zero attached hydrogens (tertiary/aromatic N) is 2. The first-order valence-electron chi connectivity index (χ1n) is 5.72. The molecule has 0 saturated carbocycles. The Balaban J connectivity index is 2.49. The molecule has 18 heavy (non-hydrogen) atoms. The van der Waals surface area contributed by atoms with Crippen LogP contribution in [0.5, 0.6) is 0 Å². The van der Waals surface area contributed by atoms with Crippen LogP contribution in [0.1, 0.15) is 18.7 Å². The Kier molecular flexibility index (Phi) is 4.39. The van der Waals surface area contributed by atoms with Crippen LogP contribution in [0.3, 0.4) is 0 Å². The first kappa shape index (κ1) is 13.5. The molecule has 1 atom stereocenters. The van der Waals surface area contributed by atoms with E-state index in [9.17, 15) is 0 Å². The first-order valence-corrected chi connectivity index (χ1v) is 7.42. The smallest absolute Gasteiger partial charge is 0.239 e. The minimum absolute atomic E-state index is 0.0960. The lowest BCUT2D eigenvalue weighted by atomic mass is 10.3. The number of thiophene rings is 1. The van der Waals surface area contributed by atoms with Gasteiger partial charge < -0.3 is 5.11 Å². The molecule has 0 aliphatic heterocycles. The van der Waals surface area contributed by atoms with Crippen molar-refractivity contribution in [1.82, 2.24) is 9.97 Å². The zero-order chi connectivity index (χ0) is 13.1. The van der Waals surface area contributed by atoms with E-state index in [4.69, 9.17) is 10.9 Å². The third kappa shape index (κ3) is 2.74. The Morgan fingerprint density at radius 3 is 2.94 bits per heavy atom. The Morgan fingerprint density at radius 1 is 1.56 bits per heavy atom. The fourth-order valence-corrected chi connectivity index (χ4v) is 3.41. The van der Waals surface area contributed by atoms with Crippen LogP contribution in [0, 0.1) is 0 Å². The van der Waals surface area contributed by atoms with Crippen LogP contribution in [0.2, 0.25) is 0 Å². The summed E-state index contributed by atoms with van der Waals surface area (Å²) in [6, 6.07) is 2.12. The van der Waals surface area contributed by atoms with Crippen LogP contribution in [0.4, 0.5) is 5.95 Å². The molecule has 0 spiro atoms. The highest BCUT2D eigenvalue weighted by molar-refractivity contribution is 8.00. The average Bonchev–Trinajstić information content (AvgIpc) is 2.81. The summed E-state index contributed by atoms with van der Waals surface area (Å²) in [5.41, 5.74) is 2.49. The zero-order valence-corrected chi connectivity index (χ0v) is 11.9. The molecule has 0 fully saturated rings. The average molecular weight is 284 g/mol. The van der Waals surface area contributed by atoms with E-state index in [1.807, 2.05) is 6.92 Å². The van der Waals surface area contributed by atoms with Gasteiger partial charge in [0.25, 0.3) is 0 Å². The molecule has 1 unspecified atom stereocenters. The highest BCUT2D eigenvalue weighted by Crippen LogP contribution is 2.34. The SMILES string of the molecule is CCc1cc2c(SC(C)CO)nc(NN)nc2s1. The standard InChI is InChI=1S/C11H16N4OS2/c1-3-7-4-8-9(17-6(2)5-16)13-11(15-12)14-10(8)18-7/h4,6,16H,3,5,12H2,1-2H3,(H,13,14,15). The lowest BCUT2D eigenvalue weighted by molar-refractivity contribution is 0.300. The molecule has 7 heteroatoms. The highest BCUT2D eigenvalue weighted by atomic mass is 32.2. The second-order valence-corrected chi connectivity index (χ2v) is 6.44. The number of aryl methyl sites for hydroxylation is 1. The summed E-state index contributed by atoms with van der Waals surface area (Å²) in [5, 5.41) is 11.1.